The van der Waals surface area contributed by atoms with E-state index in [9.17, 15) is 9.59 Å². The van der Waals surface area contributed by atoms with Crippen LogP contribution in [-0.4, -0.2) is 37.4 Å². The van der Waals surface area contributed by atoms with Crippen LogP contribution in [0.1, 0.15) is 56.2 Å². The molecule has 0 aliphatic heterocycles. The number of nitrogens with one attached hydrogen (secondary N) is 2. The van der Waals surface area contributed by atoms with Gasteiger partial charge in [-0.15, -0.1) is 5.10 Å². The topological polar surface area (TPSA) is 102 Å². The van der Waals surface area contributed by atoms with Crippen molar-refractivity contribution in [1.29, 1.82) is 0 Å². The number of aryl methyl sites for hydroxylation is 2. The van der Waals surface area contributed by atoms with Crippen molar-refractivity contribution in [3.63, 3.8) is 0 Å². The molecule has 8 nitrogen and oxygen atoms in total. The summed E-state index contributed by atoms with van der Waals surface area (Å²) >= 11 is 1.27. The lowest BCUT2D eigenvalue weighted by atomic mass is 9.96. The minimum Gasteiger partial charge on any atom is -0.307 e. The van der Waals surface area contributed by atoms with Gasteiger partial charge in [0.25, 0.3) is 0 Å². The maximum atomic E-state index is 12.4. The highest BCUT2D eigenvalue weighted by molar-refractivity contribution is 8.00. The minimum atomic E-state index is -0.545. The first kappa shape index (κ1) is 20.3. The van der Waals surface area contributed by atoms with Crippen molar-refractivity contribution in [3.8, 4) is 0 Å². The van der Waals surface area contributed by atoms with E-state index in [1.165, 1.54) is 31.0 Å². The number of urea groups is 1. The zero-order chi connectivity index (χ0) is 20.1. The lowest BCUT2D eigenvalue weighted by Gasteiger charge is -2.22. The predicted octanol–water partition coefficient (Wildman–Crippen LogP) is 3.62. The third-order valence-electron chi connectivity index (χ3n) is 4.90. The van der Waals surface area contributed by atoms with Crippen molar-refractivity contribution < 1.29 is 9.59 Å². The first-order valence-electron chi connectivity index (χ1n) is 9.57. The lowest BCUT2D eigenvalue weighted by Crippen LogP contribution is -2.39. The maximum absolute atomic E-state index is 12.4. The Morgan fingerprint density at radius 2 is 1.96 bits per heavy atom. The standard InChI is InChI=1S/C19H26N6O2S/c1-12-9-10-16(13(2)11-12)20-18(27)21-17(26)14(3)28-19-22-23-24-25(19)15-7-5-4-6-8-15/h9-11,14-15H,4-8H2,1-3H3,(H2,20,21,26,27)/t14-/m0/s1. The molecule has 0 radical (unpaired) electrons. The Morgan fingerprint density at radius 1 is 1.21 bits per heavy atom. The molecule has 28 heavy (non-hydrogen) atoms. The molecule has 3 rings (SSSR count). The van der Waals surface area contributed by atoms with Crippen LogP contribution in [0.25, 0.3) is 0 Å². The average molecular weight is 403 g/mol. The number of amides is 3. The third-order valence-corrected chi connectivity index (χ3v) is 5.95. The van der Waals surface area contributed by atoms with Crippen LogP contribution in [0.5, 0.6) is 0 Å². The van der Waals surface area contributed by atoms with Crippen molar-refractivity contribution in [2.24, 2.45) is 0 Å². The van der Waals surface area contributed by atoms with Gasteiger partial charge in [0.2, 0.25) is 11.1 Å². The molecule has 2 N–H and O–H groups in total. The zero-order valence-corrected chi connectivity index (χ0v) is 17.3. The second kappa shape index (κ2) is 9.18. The van der Waals surface area contributed by atoms with Crippen molar-refractivity contribution >= 4 is 29.4 Å². The van der Waals surface area contributed by atoms with Crippen molar-refractivity contribution in [1.82, 2.24) is 25.5 Å². The van der Waals surface area contributed by atoms with Crippen LogP contribution in [0.2, 0.25) is 0 Å². The fourth-order valence-corrected chi connectivity index (χ4v) is 4.21. The van der Waals surface area contributed by atoms with Gasteiger partial charge in [0.05, 0.1) is 11.3 Å². The van der Waals surface area contributed by atoms with Gasteiger partial charge in [0, 0.05) is 5.69 Å². The molecule has 1 aliphatic rings. The smallest absolute Gasteiger partial charge is 0.307 e. The van der Waals surface area contributed by atoms with E-state index in [-0.39, 0.29) is 11.9 Å². The molecule has 0 spiro atoms. The summed E-state index contributed by atoms with van der Waals surface area (Å²) in [6, 6.07) is 5.45. The number of rotatable bonds is 5. The Labute approximate surface area is 168 Å². The van der Waals surface area contributed by atoms with E-state index in [0.717, 1.165) is 24.0 Å². The van der Waals surface area contributed by atoms with Gasteiger partial charge in [-0.05, 0) is 55.7 Å². The molecule has 2 aromatic rings. The Morgan fingerprint density at radius 3 is 2.68 bits per heavy atom. The molecule has 3 amide bonds. The van der Waals surface area contributed by atoms with Gasteiger partial charge in [-0.3, -0.25) is 10.1 Å². The molecule has 1 atom stereocenters. The molecule has 150 valence electrons. The summed E-state index contributed by atoms with van der Waals surface area (Å²) in [5, 5.41) is 17.2. The summed E-state index contributed by atoms with van der Waals surface area (Å²) in [5.74, 6) is -0.384. The molecular weight excluding hydrogens is 376 g/mol. The highest BCUT2D eigenvalue weighted by Gasteiger charge is 2.24. The fraction of sp³-hybridized carbons (Fsp3) is 0.526. The summed E-state index contributed by atoms with van der Waals surface area (Å²) in [6.07, 6.45) is 5.69. The molecular formula is C19H26N6O2S. The second-order valence-electron chi connectivity index (χ2n) is 7.22. The number of benzene rings is 1. The molecule has 0 bridgehead atoms. The van der Waals surface area contributed by atoms with Crippen LogP contribution in [0, 0.1) is 13.8 Å². The Balaban J connectivity index is 1.56. The molecule has 9 heteroatoms. The minimum absolute atomic E-state index is 0.286. The Bertz CT molecular complexity index is 847. The van der Waals surface area contributed by atoms with E-state index in [1.54, 1.807) is 6.92 Å². The van der Waals surface area contributed by atoms with Gasteiger partial charge >= 0.3 is 6.03 Å². The first-order chi connectivity index (χ1) is 13.4. The van der Waals surface area contributed by atoms with Gasteiger partial charge in [0.15, 0.2) is 0 Å². The van der Waals surface area contributed by atoms with Gasteiger partial charge < -0.3 is 5.32 Å². The lowest BCUT2D eigenvalue weighted by molar-refractivity contribution is -0.119. The zero-order valence-electron chi connectivity index (χ0n) is 16.4. The quantitative estimate of drug-likeness (QED) is 0.741. The molecule has 1 heterocycles. The number of carbonyl (C=O) groups is 2. The number of anilines is 1. The van der Waals surface area contributed by atoms with Crippen molar-refractivity contribution in [2.75, 3.05) is 5.32 Å². The highest BCUT2D eigenvalue weighted by atomic mass is 32.2. The first-order valence-corrected chi connectivity index (χ1v) is 10.5. The molecule has 1 aromatic carbocycles. The van der Waals surface area contributed by atoms with E-state index in [1.807, 2.05) is 36.7 Å². The van der Waals surface area contributed by atoms with Gasteiger partial charge in [-0.25, -0.2) is 9.48 Å². The number of tetrazole rings is 1. The number of hydrogen-bond acceptors (Lipinski definition) is 6. The van der Waals surface area contributed by atoms with Crippen molar-refractivity contribution in [3.05, 3.63) is 29.3 Å². The summed E-state index contributed by atoms with van der Waals surface area (Å²) in [4.78, 5) is 24.6. The number of thioether (sulfide) groups is 1. The van der Waals surface area contributed by atoms with Crippen LogP contribution in [0.15, 0.2) is 23.4 Å². The number of hydrogen-bond donors (Lipinski definition) is 2. The fourth-order valence-electron chi connectivity index (χ4n) is 3.35. The Hall–Kier alpha value is -2.42. The van der Waals surface area contributed by atoms with Crippen LogP contribution in [0.3, 0.4) is 0 Å². The molecule has 1 saturated carbocycles. The highest BCUT2D eigenvalue weighted by Crippen LogP contribution is 2.31. The van der Waals surface area contributed by atoms with Crippen LogP contribution < -0.4 is 10.6 Å². The predicted molar refractivity (Wildman–Crippen MR) is 108 cm³/mol. The van der Waals surface area contributed by atoms with Crippen LogP contribution in [0.4, 0.5) is 10.5 Å². The van der Waals surface area contributed by atoms with Gasteiger partial charge in [0.1, 0.15) is 0 Å². The van der Waals surface area contributed by atoms with Crippen LogP contribution in [-0.2, 0) is 4.79 Å². The van der Waals surface area contributed by atoms with E-state index in [0.29, 0.717) is 10.8 Å². The molecule has 0 unspecified atom stereocenters. The SMILES string of the molecule is Cc1ccc(NC(=O)NC(=O)[C@H](C)Sc2nnnn2C2CCCCC2)c(C)c1. The summed E-state index contributed by atoms with van der Waals surface area (Å²) in [6.45, 7) is 5.64. The molecule has 1 aliphatic carbocycles. The van der Waals surface area contributed by atoms with Gasteiger partial charge in [-0.2, -0.15) is 0 Å². The average Bonchev–Trinajstić information content (AvgIpc) is 3.12. The van der Waals surface area contributed by atoms with E-state index in [4.69, 9.17) is 0 Å². The Kier molecular flexibility index (Phi) is 6.66. The van der Waals surface area contributed by atoms with E-state index in [2.05, 4.69) is 26.2 Å². The molecule has 0 saturated heterocycles. The maximum Gasteiger partial charge on any atom is 0.325 e. The number of nitrogens with zero attached hydrogens (tertiary/aromatic N) is 4. The van der Waals surface area contributed by atoms with Gasteiger partial charge in [-0.1, -0.05) is 48.7 Å². The summed E-state index contributed by atoms with van der Waals surface area (Å²) in [7, 11) is 0. The van der Waals surface area contributed by atoms with Crippen LogP contribution >= 0.6 is 11.8 Å². The number of carbonyl (C=O) groups excluding carboxylic acids is 2. The third kappa shape index (κ3) is 5.09. The molecule has 1 aromatic heterocycles. The van der Waals surface area contributed by atoms with E-state index >= 15 is 0 Å². The number of imide groups is 1. The largest absolute Gasteiger partial charge is 0.325 e. The molecule has 1 fully saturated rings. The van der Waals surface area contributed by atoms with Crippen molar-refractivity contribution in [2.45, 2.75) is 69.3 Å². The summed E-state index contributed by atoms with van der Waals surface area (Å²) in [5.41, 5.74) is 2.73. The van der Waals surface area contributed by atoms with E-state index < -0.39 is 11.3 Å². The summed E-state index contributed by atoms with van der Waals surface area (Å²) < 4.78 is 1.82. The monoisotopic (exact) mass is 402 g/mol. The number of aromatic nitrogens is 4. The normalized spacial score (nSPS) is 15.8. The second-order valence-corrected chi connectivity index (χ2v) is 8.53.